The predicted octanol–water partition coefficient (Wildman–Crippen LogP) is -0.0740. The summed E-state index contributed by atoms with van der Waals surface area (Å²) in [6.07, 6.45) is 3.44. The van der Waals surface area contributed by atoms with Gasteiger partial charge in [-0.3, -0.25) is 24.6 Å². The molecule has 1 rings (SSSR count). The monoisotopic (exact) mass is 569 g/mol. The molecule has 0 aliphatic carbocycles. The number of carbonyl (C=O) groups is 5. The predicted molar refractivity (Wildman–Crippen MR) is 150 cm³/mol. The molecule has 0 bridgehead atoms. The zero-order chi connectivity index (χ0) is 29.7. The lowest BCUT2D eigenvalue weighted by molar-refractivity contribution is -0.147. The maximum atomic E-state index is 13.6. The second-order valence-corrected chi connectivity index (χ2v) is 10.7. The molecule has 14 heteroatoms. The SMILES string of the molecule is COC(=O)C(CC(C)C)NC(=O)C1CCCN1C(=O)C(NC(=O)C(CC/C=N\NC(N)=S)NC(C)=O)C(C)C. The van der Waals surface area contributed by atoms with Crippen molar-refractivity contribution in [3.8, 4) is 0 Å². The Balaban J connectivity index is 2.98. The summed E-state index contributed by atoms with van der Waals surface area (Å²) in [6.45, 7) is 9.05. The van der Waals surface area contributed by atoms with Gasteiger partial charge in [0, 0.05) is 19.7 Å². The van der Waals surface area contributed by atoms with E-state index in [1.807, 2.05) is 13.8 Å². The van der Waals surface area contributed by atoms with E-state index in [4.69, 9.17) is 10.5 Å². The van der Waals surface area contributed by atoms with Gasteiger partial charge >= 0.3 is 5.97 Å². The third-order valence-electron chi connectivity index (χ3n) is 6.12. The van der Waals surface area contributed by atoms with E-state index in [0.29, 0.717) is 32.2 Å². The molecule has 1 aliphatic heterocycles. The van der Waals surface area contributed by atoms with Crippen LogP contribution in [0.2, 0.25) is 0 Å². The molecule has 4 amide bonds. The van der Waals surface area contributed by atoms with Crippen molar-refractivity contribution >= 4 is 53.1 Å². The average Bonchev–Trinajstić information content (AvgIpc) is 3.34. The van der Waals surface area contributed by atoms with Crippen molar-refractivity contribution in [1.29, 1.82) is 0 Å². The molecule has 13 nitrogen and oxygen atoms in total. The maximum Gasteiger partial charge on any atom is 0.328 e. The van der Waals surface area contributed by atoms with Gasteiger partial charge in [0.25, 0.3) is 0 Å². The number of nitrogens with two attached hydrogens (primary N) is 1. The molecule has 220 valence electrons. The van der Waals surface area contributed by atoms with E-state index in [0.717, 1.165) is 0 Å². The lowest BCUT2D eigenvalue weighted by Gasteiger charge is -2.32. The van der Waals surface area contributed by atoms with Crippen molar-refractivity contribution in [1.82, 2.24) is 26.3 Å². The van der Waals surface area contributed by atoms with Gasteiger partial charge in [-0.05, 0) is 56.2 Å². The Hall–Kier alpha value is -3.29. The molecule has 1 aliphatic rings. The first-order valence-corrected chi connectivity index (χ1v) is 13.5. The van der Waals surface area contributed by atoms with Crippen LogP contribution in [0.5, 0.6) is 0 Å². The molecule has 4 atom stereocenters. The van der Waals surface area contributed by atoms with Crippen molar-refractivity contribution in [2.75, 3.05) is 13.7 Å². The Kier molecular flexibility index (Phi) is 14.4. The molecule has 6 N–H and O–H groups in total. The fraction of sp³-hybridized carbons (Fsp3) is 0.720. The number of likely N-dealkylation sites (tertiary alicyclic amines) is 1. The van der Waals surface area contributed by atoms with Crippen molar-refractivity contribution < 1.29 is 28.7 Å². The van der Waals surface area contributed by atoms with E-state index in [2.05, 4.69) is 38.7 Å². The number of ether oxygens (including phenoxy) is 1. The van der Waals surface area contributed by atoms with Crippen LogP contribution in [0, 0.1) is 11.8 Å². The highest BCUT2D eigenvalue weighted by Gasteiger charge is 2.40. The van der Waals surface area contributed by atoms with Crippen LogP contribution in [0.15, 0.2) is 5.10 Å². The Morgan fingerprint density at radius 3 is 2.31 bits per heavy atom. The summed E-state index contributed by atoms with van der Waals surface area (Å²) in [4.78, 5) is 65.2. The number of esters is 1. The van der Waals surface area contributed by atoms with Crippen LogP contribution in [0.4, 0.5) is 0 Å². The van der Waals surface area contributed by atoms with E-state index in [-0.39, 0.29) is 23.4 Å². The van der Waals surface area contributed by atoms with E-state index < -0.39 is 53.8 Å². The van der Waals surface area contributed by atoms with Gasteiger partial charge < -0.3 is 31.3 Å². The molecule has 1 fully saturated rings. The standard InChI is InChI=1S/C25H43N7O6S/c1-14(2)13-18(24(37)38-6)29-22(35)19-10-8-12-32(19)23(36)20(15(3)4)30-21(34)17(28-16(5)33)9-7-11-27-31-25(26)39/h11,14-15,17-20H,7-10,12-13H2,1-6H3,(H,28,33)(H,29,35)(H,30,34)(H3,26,31,39)/b27-11-. The number of amides is 4. The normalized spacial score (nSPS) is 17.4. The van der Waals surface area contributed by atoms with Crippen LogP contribution in [0.1, 0.15) is 66.7 Å². The maximum absolute atomic E-state index is 13.6. The van der Waals surface area contributed by atoms with Gasteiger partial charge in [-0.2, -0.15) is 5.10 Å². The number of nitrogens with one attached hydrogen (secondary N) is 4. The highest BCUT2D eigenvalue weighted by atomic mass is 32.1. The first-order chi connectivity index (χ1) is 18.3. The smallest absolute Gasteiger partial charge is 0.328 e. The van der Waals surface area contributed by atoms with Gasteiger partial charge in [0.15, 0.2) is 5.11 Å². The Morgan fingerprint density at radius 2 is 1.77 bits per heavy atom. The summed E-state index contributed by atoms with van der Waals surface area (Å²) in [6, 6.07) is -3.45. The van der Waals surface area contributed by atoms with Gasteiger partial charge in [-0.1, -0.05) is 27.7 Å². The first kappa shape index (κ1) is 33.7. The largest absolute Gasteiger partial charge is 0.467 e. The third kappa shape index (κ3) is 11.5. The quantitative estimate of drug-likeness (QED) is 0.0826. The third-order valence-corrected chi connectivity index (χ3v) is 6.21. The summed E-state index contributed by atoms with van der Waals surface area (Å²) in [7, 11) is 1.26. The fourth-order valence-electron chi connectivity index (χ4n) is 4.27. The number of methoxy groups -OCH3 is 1. The molecule has 0 saturated carbocycles. The molecule has 1 heterocycles. The summed E-state index contributed by atoms with van der Waals surface area (Å²) in [5.74, 6) is -2.49. The first-order valence-electron chi connectivity index (χ1n) is 13.1. The molecular weight excluding hydrogens is 526 g/mol. The lowest BCUT2D eigenvalue weighted by Crippen LogP contribution is -2.58. The minimum atomic E-state index is -0.931. The molecule has 0 radical (unpaired) electrons. The number of hydrazone groups is 1. The van der Waals surface area contributed by atoms with Crippen LogP contribution >= 0.6 is 12.2 Å². The summed E-state index contributed by atoms with van der Waals surface area (Å²) < 4.78 is 4.83. The summed E-state index contributed by atoms with van der Waals surface area (Å²) in [5.41, 5.74) is 7.71. The second kappa shape index (κ2) is 16.6. The van der Waals surface area contributed by atoms with Crippen molar-refractivity contribution in [3.63, 3.8) is 0 Å². The van der Waals surface area contributed by atoms with E-state index in [1.165, 1.54) is 25.1 Å². The molecule has 1 saturated heterocycles. The molecule has 0 aromatic heterocycles. The molecule has 0 aromatic rings. The molecule has 0 aromatic carbocycles. The van der Waals surface area contributed by atoms with Crippen molar-refractivity contribution in [3.05, 3.63) is 0 Å². The highest BCUT2D eigenvalue weighted by Crippen LogP contribution is 2.21. The van der Waals surface area contributed by atoms with Crippen LogP contribution in [0.25, 0.3) is 0 Å². The number of thiocarbonyl (C=S) groups is 1. The molecule has 4 unspecified atom stereocenters. The van der Waals surface area contributed by atoms with Crippen LogP contribution in [-0.4, -0.2) is 83.6 Å². The number of rotatable bonds is 14. The van der Waals surface area contributed by atoms with Crippen LogP contribution in [-0.2, 0) is 28.7 Å². The number of hydrogen-bond acceptors (Lipinski definition) is 8. The van der Waals surface area contributed by atoms with Crippen LogP contribution in [0.3, 0.4) is 0 Å². The number of nitrogens with zero attached hydrogens (tertiary/aromatic N) is 2. The van der Waals surface area contributed by atoms with E-state index in [9.17, 15) is 24.0 Å². The lowest BCUT2D eigenvalue weighted by atomic mass is 10.0. The minimum Gasteiger partial charge on any atom is -0.467 e. The molecule has 0 spiro atoms. The summed E-state index contributed by atoms with van der Waals surface area (Å²) >= 11 is 4.67. The summed E-state index contributed by atoms with van der Waals surface area (Å²) in [5, 5.41) is 11.9. The number of hydrogen-bond donors (Lipinski definition) is 5. The van der Waals surface area contributed by atoms with Gasteiger partial charge in [0.2, 0.25) is 23.6 Å². The zero-order valence-corrected chi connectivity index (χ0v) is 24.4. The van der Waals surface area contributed by atoms with E-state index >= 15 is 0 Å². The minimum absolute atomic E-state index is 0.00432. The molecular formula is C25H43N7O6S. The van der Waals surface area contributed by atoms with Crippen molar-refractivity contribution in [2.45, 2.75) is 90.9 Å². The topological polar surface area (TPSA) is 184 Å². The Labute approximate surface area is 235 Å². The Morgan fingerprint density at radius 1 is 1.10 bits per heavy atom. The van der Waals surface area contributed by atoms with Crippen LogP contribution < -0.4 is 27.1 Å². The highest BCUT2D eigenvalue weighted by molar-refractivity contribution is 7.80. The van der Waals surface area contributed by atoms with Gasteiger partial charge in [0.05, 0.1) is 7.11 Å². The van der Waals surface area contributed by atoms with Gasteiger partial charge in [-0.25, -0.2) is 4.79 Å². The fourth-order valence-corrected chi connectivity index (χ4v) is 4.33. The van der Waals surface area contributed by atoms with E-state index in [1.54, 1.807) is 13.8 Å². The number of carbonyl (C=O) groups excluding carboxylic acids is 5. The molecule has 39 heavy (non-hydrogen) atoms. The van der Waals surface area contributed by atoms with Gasteiger partial charge in [-0.15, -0.1) is 0 Å². The Bertz CT molecular complexity index is 927. The second-order valence-electron chi connectivity index (χ2n) is 10.3. The van der Waals surface area contributed by atoms with Gasteiger partial charge in [0.1, 0.15) is 24.2 Å². The zero-order valence-electron chi connectivity index (χ0n) is 23.6. The average molecular weight is 570 g/mol. The van der Waals surface area contributed by atoms with Crippen molar-refractivity contribution in [2.24, 2.45) is 22.7 Å².